The summed E-state index contributed by atoms with van der Waals surface area (Å²) < 4.78 is 40.5. The van der Waals surface area contributed by atoms with Gasteiger partial charge in [-0.2, -0.15) is 4.31 Å². The molecule has 0 spiro atoms. The molecule has 1 N–H and O–H groups in total. The first kappa shape index (κ1) is 22.0. The summed E-state index contributed by atoms with van der Waals surface area (Å²) in [6.45, 7) is 2.14. The highest BCUT2D eigenvalue weighted by atomic mass is 35.5. The topological polar surface area (TPSA) is 66.5 Å². The zero-order valence-electron chi connectivity index (χ0n) is 15.7. The van der Waals surface area contributed by atoms with Gasteiger partial charge >= 0.3 is 0 Å². The fourth-order valence-corrected chi connectivity index (χ4v) is 5.52. The van der Waals surface area contributed by atoms with Gasteiger partial charge in [-0.1, -0.05) is 41.4 Å². The molecular formula is C20H21Cl2FN2O3S. The van der Waals surface area contributed by atoms with Crippen LogP contribution in [0.4, 0.5) is 4.39 Å². The second-order valence-electron chi connectivity index (χ2n) is 7.00. The highest BCUT2D eigenvalue weighted by molar-refractivity contribution is 7.89. The lowest BCUT2D eigenvalue weighted by Crippen LogP contribution is -2.43. The average molecular weight is 459 g/mol. The molecule has 3 rings (SSSR count). The Morgan fingerprint density at radius 2 is 1.83 bits per heavy atom. The molecule has 1 aliphatic heterocycles. The van der Waals surface area contributed by atoms with E-state index in [-0.39, 0.29) is 35.9 Å². The van der Waals surface area contributed by atoms with Crippen molar-refractivity contribution in [3.8, 4) is 0 Å². The van der Waals surface area contributed by atoms with Gasteiger partial charge in [0.05, 0.1) is 6.04 Å². The predicted octanol–water partition coefficient (Wildman–Crippen LogP) is 4.41. The van der Waals surface area contributed by atoms with Crippen molar-refractivity contribution in [3.63, 3.8) is 0 Å². The van der Waals surface area contributed by atoms with Crippen LogP contribution in [0.3, 0.4) is 0 Å². The SMILES string of the molecule is CC(NC(=O)C1CCN(S(=O)(=O)c2ccccc2F)CC1)c1ccc(Cl)cc1Cl. The van der Waals surface area contributed by atoms with E-state index in [1.165, 1.54) is 22.5 Å². The normalized spacial score (nSPS) is 17.1. The van der Waals surface area contributed by atoms with Crippen LogP contribution in [0.15, 0.2) is 47.4 Å². The van der Waals surface area contributed by atoms with Crippen LogP contribution >= 0.6 is 23.2 Å². The quantitative estimate of drug-likeness (QED) is 0.721. The summed E-state index contributed by atoms with van der Waals surface area (Å²) in [4.78, 5) is 12.3. The Morgan fingerprint density at radius 1 is 1.17 bits per heavy atom. The number of halogens is 3. The van der Waals surface area contributed by atoms with Gasteiger partial charge in [-0.25, -0.2) is 12.8 Å². The molecule has 1 unspecified atom stereocenters. The maximum atomic E-state index is 13.9. The molecule has 2 aromatic rings. The summed E-state index contributed by atoms with van der Waals surface area (Å²) in [7, 11) is -3.92. The highest BCUT2D eigenvalue weighted by Crippen LogP contribution is 2.28. The van der Waals surface area contributed by atoms with Crippen LogP contribution in [-0.2, 0) is 14.8 Å². The van der Waals surface area contributed by atoms with Crippen LogP contribution in [0.2, 0.25) is 10.0 Å². The Morgan fingerprint density at radius 3 is 2.45 bits per heavy atom. The molecule has 1 aliphatic rings. The molecule has 0 aliphatic carbocycles. The number of hydrogen-bond donors (Lipinski definition) is 1. The standard InChI is InChI=1S/C20H21Cl2FN2O3S/c1-13(16-7-6-15(21)12-17(16)22)24-20(26)14-8-10-25(11-9-14)29(27,28)19-5-3-2-4-18(19)23/h2-7,12-14H,8-11H2,1H3,(H,24,26). The van der Waals surface area contributed by atoms with Gasteiger partial charge in [-0.3, -0.25) is 4.79 Å². The zero-order valence-corrected chi connectivity index (χ0v) is 18.1. The first-order valence-corrected chi connectivity index (χ1v) is 11.4. The van der Waals surface area contributed by atoms with E-state index in [1.807, 2.05) is 6.92 Å². The molecular weight excluding hydrogens is 438 g/mol. The Bertz CT molecular complexity index is 1010. The minimum absolute atomic E-state index is 0.158. The second kappa shape index (κ2) is 9.00. The minimum Gasteiger partial charge on any atom is -0.349 e. The van der Waals surface area contributed by atoms with Crippen molar-refractivity contribution in [2.75, 3.05) is 13.1 Å². The minimum atomic E-state index is -3.92. The molecule has 0 aromatic heterocycles. The van der Waals surface area contributed by atoms with Crippen LogP contribution < -0.4 is 5.32 Å². The first-order chi connectivity index (χ1) is 13.7. The lowest BCUT2D eigenvalue weighted by Gasteiger charge is -2.31. The van der Waals surface area contributed by atoms with Gasteiger partial charge in [0, 0.05) is 29.1 Å². The van der Waals surface area contributed by atoms with Crippen LogP contribution in [0.1, 0.15) is 31.4 Å². The summed E-state index contributed by atoms with van der Waals surface area (Å²) >= 11 is 12.1. The third-order valence-electron chi connectivity index (χ3n) is 5.07. The van der Waals surface area contributed by atoms with E-state index in [0.29, 0.717) is 22.9 Å². The number of nitrogens with one attached hydrogen (secondary N) is 1. The van der Waals surface area contributed by atoms with Crippen molar-refractivity contribution in [1.29, 1.82) is 0 Å². The number of nitrogens with zero attached hydrogens (tertiary/aromatic N) is 1. The van der Waals surface area contributed by atoms with Gasteiger partial charge in [0.1, 0.15) is 10.7 Å². The maximum absolute atomic E-state index is 13.9. The molecule has 0 radical (unpaired) electrons. The number of sulfonamides is 1. The van der Waals surface area contributed by atoms with Crippen molar-refractivity contribution in [2.24, 2.45) is 5.92 Å². The van der Waals surface area contributed by atoms with E-state index in [1.54, 1.807) is 18.2 Å². The van der Waals surface area contributed by atoms with Gasteiger partial charge in [-0.15, -0.1) is 0 Å². The van der Waals surface area contributed by atoms with E-state index in [9.17, 15) is 17.6 Å². The Kier molecular flexibility index (Phi) is 6.83. The lowest BCUT2D eigenvalue weighted by molar-refractivity contribution is -0.126. The van der Waals surface area contributed by atoms with Crippen LogP contribution in [0.5, 0.6) is 0 Å². The van der Waals surface area contributed by atoms with Gasteiger partial charge in [0.2, 0.25) is 15.9 Å². The number of carbonyl (C=O) groups excluding carboxylic acids is 1. The van der Waals surface area contributed by atoms with E-state index in [2.05, 4.69) is 5.32 Å². The number of carbonyl (C=O) groups is 1. The van der Waals surface area contributed by atoms with Crippen molar-refractivity contribution < 1.29 is 17.6 Å². The fraction of sp³-hybridized carbons (Fsp3) is 0.350. The summed E-state index contributed by atoms with van der Waals surface area (Å²) in [6.07, 6.45) is 0.723. The number of rotatable bonds is 5. The van der Waals surface area contributed by atoms with Crippen LogP contribution in [0, 0.1) is 11.7 Å². The fourth-order valence-electron chi connectivity index (χ4n) is 3.41. The molecule has 29 heavy (non-hydrogen) atoms. The molecule has 0 bridgehead atoms. The smallest absolute Gasteiger partial charge is 0.245 e. The highest BCUT2D eigenvalue weighted by Gasteiger charge is 2.33. The Balaban J connectivity index is 1.61. The number of hydrogen-bond acceptors (Lipinski definition) is 3. The zero-order chi connectivity index (χ0) is 21.2. The Hall–Kier alpha value is -1.67. The first-order valence-electron chi connectivity index (χ1n) is 9.20. The van der Waals surface area contributed by atoms with E-state index in [4.69, 9.17) is 23.2 Å². The third-order valence-corrected chi connectivity index (χ3v) is 7.56. The van der Waals surface area contributed by atoms with E-state index in [0.717, 1.165) is 11.6 Å². The monoisotopic (exact) mass is 458 g/mol. The molecule has 9 heteroatoms. The van der Waals surface area contributed by atoms with Crippen LogP contribution in [0.25, 0.3) is 0 Å². The average Bonchev–Trinajstić information content (AvgIpc) is 2.68. The number of amides is 1. The molecule has 1 fully saturated rings. The molecule has 156 valence electrons. The summed E-state index contributed by atoms with van der Waals surface area (Å²) in [5, 5.41) is 3.91. The molecule has 1 atom stereocenters. The largest absolute Gasteiger partial charge is 0.349 e. The number of piperidine rings is 1. The van der Waals surface area contributed by atoms with Crippen molar-refractivity contribution in [1.82, 2.24) is 9.62 Å². The van der Waals surface area contributed by atoms with Gasteiger partial charge in [-0.05, 0) is 49.6 Å². The van der Waals surface area contributed by atoms with Gasteiger partial charge in [0.25, 0.3) is 0 Å². The van der Waals surface area contributed by atoms with E-state index >= 15 is 0 Å². The second-order valence-corrected chi connectivity index (χ2v) is 9.75. The molecule has 0 saturated carbocycles. The summed E-state index contributed by atoms with van der Waals surface area (Å²) in [6, 6.07) is 10.1. The third kappa shape index (κ3) is 4.91. The van der Waals surface area contributed by atoms with Gasteiger partial charge < -0.3 is 5.32 Å². The van der Waals surface area contributed by atoms with Crippen molar-refractivity contribution >= 4 is 39.1 Å². The molecule has 1 heterocycles. The Labute approximate surface area is 179 Å². The predicted molar refractivity (Wildman–Crippen MR) is 111 cm³/mol. The molecule has 1 amide bonds. The van der Waals surface area contributed by atoms with Crippen LogP contribution in [-0.4, -0.2) is 31.7 Å². The molecule has 2 aromatic carbocycles. The maximum Gasteiger partial charge on any atom is 0.245 e. The summed E-state index contributed by atoms with van der Waals surface area (Å²) in [5.74, 6) is -1.26. The molecule has 1 saturated heterocycles. The van der Waals surface area contributed by atoms with E-state index < -0.39 is 15.8 Å². The lowest BCUT2D eigenvalue weighted by atomic mass is 9.96. The summed E-state index contributed by atoms with van der Waals surface area (Å²) in [5.41, 5.74) is 0.754. The van der Waals surface area contributed by atoms with Crippen molar-refractivity contribution in [2.45, 2.75) is 30.7 Å². The number of benzene rings is 2. The molecule has 5 nitrogen and oxygen atoms in total. The van der Waals surface area contributed by atoms with Gasteiger partial charge in [0.15, 0.2) is 0 Å². The van der Waals surface area contributed by atoms with Crippen molar-refractivity contribution in [3.05, 3.63) is 63.9 Å².